The Balaban J connectivity index is 1.82. The summed E-state index contributed by atoms with van der Waals surface area (Å²) in [5, 5.41) is 18.2. The maximum absolute atomic E-state index is 13.0. The van der Waals surface area contributed by atoms with Gasteiger partial charge in [0.15, 0.2) is 5.16 Å². The largest absolute Gasteiger partial charge is 0.276 e. The highest BCUT2D eigenvalue weighted by Gasteiger charge is 2.17. The number of nitrogens with zero attached hydrogens (tertiary/aromatic N) is 7. The smallest absolute Gasteiger partial charge is 0.262 e. The summed E-state index contributed by atoms with van der Waals surface area (Å²) in [6.07, 6.45) is 2.79. The maximum atomic E-state index is 13.0. The number of thioether (sulfide) groups is 1. The van der Waals surface area contributed by atoms with Gasteiger partial charge in [0.1, 0.15) is 0 Å². The van der Waals surface area contributed by atoms with E-state index in [1.807, 2.05) is 41.9 Å². The van der Waals surface area contributed by atoms with Crippen molar-refractivity contribution in [3.8, 4) is 0 Å². The standard InChI is InChI=1S/C18H21N7OS/c1-12(2)8-9-24-16(26)14-6-4-5-7-15(14)25-17(24)20-21-18(25)27-11-13-10-23(3)22-19-13/h4-7,10,12H,8-9,11H2,1-3H3. The van der Waals surface area contributed by atoms with Gasteiger partial charge in [-0.2, -0.15) is 0 Å². The predicted octanol–water partition coefficient (Wildman–Crippen LogP) is 2.51. The molecular formula is C18H21N7OS. The van der Waals surface area contributed by atoms with Crippen molar-refractivity contribution >= 4 is 28.4 Å². The number of hydrogen-bond donors (Lipinski definition) is 0. The molecule has 0 aliphatic heterocycles. The maximum Gasteiger partial charge on any atom is 0.262 e. The molecule has 4 rings (SSSR count). The van der Waals surface area contributed by atoms with Gasteiger partial charge in [-0.1, -0.05) is 43.0 Å². The average Bonchev–Trinajstić information content (AvgIpc) is 3.26. The molecule has 0 saturated carbocycles. The summed E-state index contributed by atoms with van der Waals surface area (Å²) in [4.78, 5) is 13.0. The first-order chi connectivity index (χ1) is 13.0. The Labute approximate surface area is 160 Å². The lowest BCUT2D eigenvalue weighted by atomic mass is 10.1. The highest BCUT2D eigenvalue weighted by molar-refractivity contribution is 7.98. The van der Waals surface area contributed by atoms with E-state index < -0.39 is 0 Å². The van der Waals surface area contributed by atoms with Gasteiger partial charge in [-0.25, -0.2) is 0 Å². The highest BCUT2D eigenvalue weighted by Crippen LogP contribution is 2.24. The van der Waals surface area contributed by atoms with Crippen molar-refractivity contribution in [2.75, 3.05) is 0 Å². The normalized spacial score (nSPS) is 11.9. The SMILES string of the molecule is CC(C)CCn1c(=O)c2ccccc2n2c(SCc3cn(C)nn3)nnc12. The van der Waals surface area contributed by atoms with Gasteiger partial charge in [-0.15, -0.1) is 15.3 Å². The third kappa shape index (κ3) is 3.34. The van der Waals surface area contributed by atoms with Gasteiger partial charge in [0.25, 0.3) is 5.56 Å². The van der Waals surface area contributed by atoms with Crippen LogP contribution in [0.2, 0.25) is 0 Å². The molecule has 0 aliphatic rings. The van der Waals surface area contributed by atoms with Gasteiger partial charge in [0, 0.05) is 25.5 Å². The molecule has 0 fully saturated rings. The van der Waals surface area contributed by atoms with Crippen molar-refractivity contribution in [3.05, 3.63) is 46.5 Å². The van der Waals surface area contributed by atoms with Crippen LogP contribution in [0.4, 0.5) is 0 Å². The number of fused-ring (bicyclic) bond motifs is 3. The monoisotopic (exact) mass is 383 g/mol. The molecule has 0 radical (unpaired) electrons. The lowest BCUT2D eigenvalue weighted by molar-refractivity contribution is 0.512. The summed E-state index contributed by atoms with van der Waals surface area (Å²) < 4.78 is 5.39. The van der Waals surface area contributed by atoms with E-state index in [9.17, 15) is 4.79 Å². The van der Waals surface area contributed by atoms with E-state index in [-0.39, 0.29) is 5.56 Å². The van der Waals surface area contributed by atoms with Gasteiger partial charge in [0.05, 0.1) is 16.6 Å². The molecule has 3 aromatic heterocycles. The van der Waals surface area contributed by atoms with E-state index in [1.165, 1.54) is 11.8 Å². The zero-order chi connectivity index (χ0) is 19.0. The Bertz CT molecular complexity index is 1160. The first-order valence-corrected chi connectivity index (χ1v) is 9.88. The molecule has 0 saturated heterocycles. The Morgan fingerprint density at radius 1 is 1.15 bits per heavy atom. The van der Waals surface area contributed by atoms with Crippen LogP contribution in [0.1, 0.15) is 26.0 Å². The molecule has 4 aromatic rings. The topological polar surface area (TPSA) is 82.9 Å². The molecule has 0 atom stereocenters. The summed E-state index contributed by atoms with van der Waals surface area (Å²) in [6.45, 7) is 4.92. The number of hydrogen-bond acceptors (Lipinski definition) is 6. The Morgan fingerprint density at radius 3 is 2.70 bits per heavy atom. The van der Waals surface area contributed by atoms with Crippen molar-refractivity contribution in [3.63, 3.8) is 0 Å². The van der Waals surface area contributed by atoms with E-state index in [0.29, 0.717) is 29.4 Å². The molecule has 0 N–H and O–H groups in total. The lowest BCUT2D eigenvalue weighted by Crippen LogP contribution is -2.24. The van der Waals surface area contributed by atoms with E-state index >= 15 is 0 Å². The first kappa shape index (κ1) is 17.7. The number of rotatable bonds is 6. The van der Waals surface area contributed by atoms with Crippen LogP contribution in [-0.2, 0) is 19.3 Å². The molecule has 0 bridgehead atoms. The molecule has 8 nitrogen and oxygen atoms in total. The molecule has 27 heavy (non-hydrogen) atoms. The molecular weight excluding hydrogens is 362 g/mol. The van der Waals surface area contributed by atoms with Gasteiger partial charge in [-0.3, -0.25) is 18.4 Å². The molecule has 0 spiro atoms. The van der Waals surface area contributed by atoms with E-state index in [1.54, 1.807) is 9.25 Å². The van der Waals surface area contributed by atoms with E-state index in [4.69, 9.17) is 0 Å². The van der Waals surface area contributed by atoms with Gasteiger partial charge in [-0.05, 0) is 24.5 Å². The predicted molar refractivity (Wildman–Crippen MR) is 105 cm³/mol. The third-order valence-corrected chi connectivity index (χ3v) is 5.37. The zero-order valence-corrected chi connectivity index (χ0v) is 16.3. The Hall–Kier alpha value is -2.68. The fourth-order valence-electron chi connectivity index (χ4n) is 3.02. The quantitative estimate of drug-likeness (QED) is 0.476. The fraction of sp³-hybridized carbons (Fsp3) is 0.389. The fourth-order valence-corrected chi connectivity index (χ4v) is 3.83. The summed E-state index contributed by atoms with van der Waals surface area (Å²) in [5.41, 5.74) is 1.68. The minimum atomic E-state index is -0.0170. The average molecular weight is 383 g/mol. The van der Waals surface area contributed by atoms with Gasteiger partial charge in [0.2, 0.25) is 5.78 Å². The first-order valence-electron chi connectivity index (χ1n) is 8.89. The van der Waals surface area contributed by atoms with Crippen LogP contribution in [0.15, 0.2) is 40.4 Å². The van der Waals surface area contributed by atoms with Crippen molar-refractivity contribution in [2.45, 2.75) is 37.7 Å². The second kappa shape index (κ2) is 7.15. The second-order valence-corrected chi connectivity index (χ2v) is 7.89. The third-order valence-electron chi connectivity index (χ3n) is 4.41. The van der Waals surface area contributed by atoms with Crippen LogP contribution in [0, 0.1) is 5.92 Å². The lowest BCUT2D eigenvalue weighted by Gasteiger charge is -2.12. The van der Waals surface area contributed by atoms with Gasteiger partial charge >= 0.3 is 0 Å². The van der Waals surface area contributed by atoms with Crippen molar-refractivity contribution in [2.24, 2.45) is 13.0 Å². The number of benzene rings is 1. The summed E-state index contributed by atoms with van der Waals surface area (Å²) in [5.74, 6) is 1.71. The molecule has 140 valence electrons. The van der Waals surface area contributed by atoms with E-state index in [0.717, 1.165) is 22.8 Å². The summed E-state index contributed by atoms with van der Waals surface area (Å²) in [6, 6.07) is 7.61. The minimum absolute atomic E-state index is 0.0170. The minimum Gasteiger partial charge on any atom is -0.276 e. The number of aromatic nitrogens is 7. The molecule has 0 unspecified atom stereocenters. The van der Waals surface area contributed by atoms with Crippen LogP contribution in [0.3, 0.4) is 0 Å². The summed E-state index contributed by atoms with van der Waals surface area (Å²) in [7, 11) is 1.84. The van der Waals surface area contributed by atoms with E-state index in [2.05, 4.69) is 34.4 Å². The highest BCUT2D eigenvalue weighted by atomic mass is 32.2. The molecule has 3 heterocycles. The van der Waals surface area contributed by atoms with Crippen LogP contribution in [-0.4, -0.2) is 34.2 Å². The van der Waals surface area contributed by atoms with Crippen molar-refractivity contribution < 1.29 is 0 Å². The number of para-hydroxylation sites is 1. The Kier molecular flexibility index (Phi) is 4.69. The number of aryl methyl sites for hydroxylation is 2. The van der Waals surface area contributed by atoms with Crippen molar-refractivity contribution in [1.29, 1.82) is 0 Å². The second-order valence-electron chi connectivity index (χ2n) is 6.95. The van der Waals surface area contributed by atoms with Crippen molar-refractivity contribution in [1.82, 2.24) is 34.2 Å². The van der Waals surface area contributed by atoms with Gasteiger partial charge < -0.3 is 0 Å². The molecule has 0 aliphatic carbocycles. The molecule has 9 heteroatoms. The van der Waals surface area contributed by atoms with Crippen LogP contribution >= 0.6 is 11.8 Å². The van der Waals surface area contributed by atoms with Crippen LogP contribution in [0.25, 0.3) is 16.7 Å². The Morgan fingerprint density at radius 2 is 1.96 bits per heavy atom. The summed E-state index contributed by atoms with van der Waals surface area (Å²) >= 11 is 1.53. The molecule has 1 aromatic carbocycles. The molecule has 0 amide bonds. The van der Waals surface area contributed by atoms with Crippen LogP contribution < -0.4 is 5.56 Å². The van der Waals surface area contributed by atoms with Crippen LogP contribution in [0.5, 0.6) is 0 Å². The zero-order valence-electron chi connectivity index (χ0n) is 15.5.